The molecule has 0 aliphatic carbocycles. The van der Waals surface area contributed by atoms with E-state index in [0.717, 1.165) is 11.3 Å². The number of allylic oxidation sites excluding steroid dienone is 1. The molecule has 0 aliphatic heterocycles. The Morgan fingerprint density at radius 2 is 1.96 bits per heavy atom. The number of amides is 1. The van der Waals surface area contributed by atoms with Crippen LogP contribution in [0.2, 0.25) is 0 Å². The fourth-order valence-electron chi connectivity index (χ4n) is 2.54. The number of para-hydroxylation sites is 1. The maximum atomic E-state index is 12.2. The summed E-state index contributed by atoms with van der Waals surface area (Å²) < 4.78 is 12.6. The summed E-state index contributed by atoms with van der Waals surface area (Å²) in [6.45, 7) is 1.80. The first-order valence-electron chi connectivity index (χ1n) is 8.54. The summed E-state index contributed by atoms with van der Waals surface area (Å²) in [5.41, 5.74) is 1.91. The van der Waals surface area contributed by atoms with E-state index in [4.69, 9.17) is 9.47 Å². The van der Waals surface area contributed by atoms with E-state index in [1.165, 1.54) is 0 Å². The SMILES string of the molecule is C/C=C/c1ccc(OCC(=O)Nc2ccn(-c3ccccc3)n2)c(OC)c1. The van der Waals surface area contributed by atoms with E-state index in [1.807, 2.05) is 61.5 Å². The monoisotopic (exact) mass is 363 g/mol. The van der Waals surface area contributed by atoms with Gasteiger partial charge in [-0.2, -0.15) is 5.10 Å². The van der Waals surface area contributed by atoms with Gasteiger partial charge in [0.1, 0.15) is 0 Å². The van der Waals surface area contributed by atoms with Crippen LogP contribution in [0.1, 0.15) is 12.5 Å². The quantitative estimate of drug-likeness (QED) is 0.691. The maximum Gasteiger partial charge on any atom is 0.263 e. The van der Waals surface area contributed by atoms with Gasteiger partial charge in [0.2, 0.25) is 0 Å². The van der Waals surface area contributed by atoms with Crippen molar-refractivity contribution in [2.75, 3.05) is 19.0 Å². The molecule has 0 atom stereocenters. The molecule has 27 heavy (non-hydrogen) atoms. The molecule has 1 aromatic heterocycles. The van der Waals surface area contributed by atoms with Crippen molar-refractivity contribution in [1.29, 1.82) is 0 Å². The number of anilines is 1. The van der Waals surface area contributed by atoms with Crippen LogP contribution in [-0.2, 0) is 4.79 Å². The number of hydrogen-bond acceptors (Lipinski definition) is 4. The number of hydrogen-bond donors (Lipinski definition) is 1. The minimum absolute atomic E-state index is 0.141. The zero-order chi connectivity index (χ0) is 19.1. The fourth-order valence-corrected chi connectivity index (χ4v) is 2.54. The fraction of sp³-hybridized carbons (Fsp3) is 0.143. The first kappa shape index (κ1) is 18.3. The highest BCUT2D eigenvalue weighted by Crippen LogP contribution is 2.28. The smallest absolute Gasteiger partial charge is 0.263 e. The Bertz CT molecular complexity index is 933. The van der Waals surface area contributed by atoms with Crippen molar-refractivity contribution in [1.82, 2.24) is 9.78 Å². The summed E-state index contributed by atoms with van der Waals surface area (Å²) in [6, 6.07) is 16.9. The Morgan fingerprint density at radius 3 is 2.70 bits per heavy atom. The normalized spacial score (nSPS) is 10.7. The molecule has 3 aromatic rings. The molecule has 6 nitrogen and oxygen atoms in total. The summed E-state index contributed by atoms with van der Waals surface area (Å²) in [7, 11) is 1.57. The molecule has 0 fully saturated rings. The number of aromatic nitrogens is 2. The summed E-state index contributed by atoms with van der Waals surface area (Å²) in [5, 5.41) is 7.06. The van der Waals surface area contributed by atoms with Crippen LogP contribution in [0.25, 0.3) is 11.8 Å². The molecule has 0 radical (unpaired) electrons. The third kappa shape index (κ3) is 4.76. The molecule has 0 aliphatic rings. The van der Waals surface area contributed by atoms with Gasteiger partial charge in [0.15, 0.2) is 23.9 Å². The Balaban J connectivity index is 1.60. The number of rotatable bonds is 7. The van der Waals surface area contributed by atoms with Crippen molar-refractivity contribution in [2.45, 2.75) is 6.92 Å². The Morgan fingerprint density at radius 1 is 1.15 bits per heavy atom. The van der Waals surface area contributed by atoms with Crippen LogP contribution >= 0.6 is 0 Å². The van der Waals surface area contributed by atoms with Gasteiger partial charge < -0.3 is 14.8 Å². The first-order chi connectivity index (χ1) is 13.2. The van der Waals surface area contributed by atoms with Gasteiger partial charge in [-0.25, -0.2) is 4.68 Å². The standard InChI is InChI=1S/C21H21N3O3/c1-3-7-16-10-11-18(19(14-16)26-2)27-15-21(25)22-20-12-13-24(23-20)17-8-5-4-6-9-17/h3-14H,15H2,1-2H3,(H,22,23,25)/b7-3+. The lowest BCUT2D eigenvalue weighted by Crippen LogP contribution is -2.20. The number of nitrogens with zero attached hydrogens (tertiary/aromatic N) is 2. The lowest BCUT2D eigenvalue weighted by Gasteiger charge is -2.11. The zero-order valence-electron chi connectivity index (χ0n) is 15.3. The molecule has 6 heteroatoms. The van der Waals surface area contributed by atoms with Crippen LogP contribution in [0.5, 0.6) is 11.5 Å². The van der Waals surface area contributed by atoms with E-state index in [0.29, 0.717) is 17.3 Å². The first-order valence-corrected chi connectivity index (χ1v) is 8.54. The molecule has 1 N–H and O–H groups in total. The predicted molar refractivity (Wildman–Crippen MR) is 105 cm³/mol. The lowest BCUT2D eigenvalue weighted by atomic mass is 10.2. The molecule has 0 bridgehead atoms. The van der Waals surface area contributed by atoms with Crippen LogP contribution in [0.15, 0.2) is 66.9 Å². The zero-order valence-corrected chi connectivity index (χ0v) is 15.3. The van der Waals surface area contributed by atoms with Crippen molar-refractivity contribution in [3.05, 3.63) is 72.4 Å². The molecule has 0 spiro atoms. The Hall–Kier alpha value is -3.54. The van der Waals surface area contributed by atoms with Crippen LogP contribution in [0.3, 0.4) is 0 Å². The van der Waals surface area contributed by atoms with Crippen LogP contribution in [0.4, 0.5) is 5.82 Å². The number of benzene rings is 2. The van der Waals surface area contributed by atoms with Gasteiger partial charge in [-0.3, -0.25) is 4.79 Å². The van der Waals surface area contributed by atoms with Crippen LogP contribution in [-0.4, -0.2) is 29.4 Å². The predicted octanol–water partition coefficient (Wildman–Crippen LogP) is 3.93. The van der Waals surface area contributed by atoms with Gasteiger partial charge in [-0.15, -0.1) is 0 Å². The minimum atomic E-state index is -0.298. The van der Waals surface area contributed by atoms with Gasteiger partial charge in [0.05, 0.1) is 12.8 Å². The summed E-state index contributed by atoms with van der Waals surface area (Å²) in [6.07, 6.45) is 5.69. The molecule has 0 unspecified atom stereocenters. The van der Waals surface area contributed by atoms with E-state index in [1.54, 1.807) is 30.1 Å². The largest absolute Gasteiger partial charge is 0.493 e. The van der Waals surface area contributed by atoms with Crippen molar-refractivity contribution in [3.63, 3.8) is 0 Å². The second-order valence-electron chi connectivity index (χ2n) is 5.73. The minimum Gasteiger partial charge on any atom is -0.493 e. The van der Waals surface area contributed by atoms with Gasteiger partial charge in [-0.05, 0) is 36.8 Å². The molecule has 3 rings (SSSR count). The van der Waals surface area contributed by atoms with Crippen LogP contribution in [0, 0.1) is 0 Å². The molecule has 0 saturated carbocycles. The van der Waals surface area contributed by atoms with Crippen molar-refractivity contribution in [3.8, 4) is 17.2 Å². The lowest BCUT2D eigenvalue weighted by molar-refractivity contribution is -0.118. The molecule has 0 saturated heterocycles. The third-order valence-electron chi connectivity index (χ3n) is 3.78. The highest BCUT2D eigenvalue weighted by atomic mass is 16.5. The average molecular weight is 363 g/mol. The summed E-state index contributed by atoms with van der Waals surface area (Å²) in [4.78, 5) is 12.2. The topological polar surface area (TPSA) is 65.4 Å². The number of carbonyl (C=O) groups is 1. The highest BCUT2D eigenvalue weighted by Gasteiger charge is 2.10. The number of ether oxygens (including phenoxy) is 2. The number of methoxy groups -OCH3 is 1. The molecule has 138 valence electrons. The molecular formula is C21H21N3O3. The van der Waals surface area contributed by atoms with E-state index in [9.17, 15) is 4.79 Å². The molecule has 1 amide bonds. The van der Waals surface area contributed by atoms with Crippen molar-refractivity contribution < 1.29 is 14.3 Å². The van der Waals surface area contributed by atoms with E-state index >= 15 is 0 Å². The van der Waals surface area contributed by atoms with Gasteiger partial charge in [-0.1, -0.05) is 36.4 Å². The van der Waals surface area contributed by atoms with E-state index in [-0.39, 0.29) is 12.5 Å². The van der Waals surface area contributed by atoms with Gasteiger partial charge >= 0.3 is 0 Å². The Kier molecular flexibility index (Phi) is 5.89. The second-order valence-corrected chi connectivity index (χ2v) is 5.73. The number of nitrogens with one attached hydrogen (secondary N) is 1. The number of carbonyl (C=O) groups excluding carboxylic acids is 1. The highest BCUT2D eigenvalue weighted by molar-refractivity contribution is 5.91. The molecule has 1 heterocycles. The van der Waals surface area contributed by atoms with Crippen LogP contribution < -0.4 is 14.8 Å². The Labute approximate surface area is 158 Å². The second kappa shape index (κ2) is 8.71. The van der Waals surface area contributed by atoms with Crippen molar-refractivity contribution in [2.24, 2.45) is 0 Å². The molecule has 2 aromatic carbocycles. The van der Waals surface area contributed by atoms with E-state index in [2.05, 4.69) is 10.4 Å². The third-order valence-corrected chi connectivity index (χ3v) is 3.78. The van der Waals surface area contributed by atoms with Gasteiger partial charge in [0, 0.05) is 12.3 Å². The average Bonchev–Trinajstić information content (AvgIpc) is 3.16. The van der Waals surface area contributed by atoms with Gasteiger partial charge in [0.25, 0.3) is 5.91 Å². The van der Waals surface area contributed by atoms with E-state index < -0.39 is 0 Å². The maximum absolute atomic E-state index is 12.2. The van der Waals surface area contributed by atoms with Crippen molar-refractivity contribution >= 4 is 17.8 Å². The summed E-state index contributed by atoms with van der Waals surface area (Å²) in [5.74, 6) is 1.25. The molecular weight excluding hydrogens is 342 g/mol. The summed E-state index contributed by atoms with van der Waals surface area (Å²) >= 11 is 0.